The van der Waals surface area contributed by atoms with Crippen LogP contribution in [-0.2, 0) is 96.5 Å². The van der Waals surface area contributed by atoms with Gasteiger partial charge in [-0.1, -0.05) is 38.5 Å². The molecule has 0 bridgehead atoms. The Morgan fingerprint density at radius 1 is 0.306 bits per heavy atom. The van der Waals surface area contributed by atoms with Crippen molar-refractivity contribution in [1.29, 1.82) is 0 Å². The van der Waals surface area contributed by atoms with Crippen LogP contribution in [0.15, 0.2) is 0 Å². The van der Waals surface area contributed by atoms with Crippen LogP contribution in [0.1, 0.15) is 89.9 Å². The van der Waals surface area contributed by atoms with Gasteiger partial charge in [-0.25, -0.2) is 0 Å². The molecular weight excluding hydrogens is 590 g/mol. The van der Waals surface area contributed by atoms with E-state index in [1.807, 2.05) is 0 Å². The fourth-order valence-corrected chi connectivity index (χ4v) is 2.17. The average Bonchev–Trinajstić information content (AvgIpc) is 2.52. The molecule has 0 saturated carbocycles. The monoisotopic (exact) mass is 646 g/mol. The summed E-state index contributed by atoms with van der Waals surface area (Å²) < 4.78 is 0. The summed E-state index contributed by atoms with van der Waals surface area (Å²) in [5, 5.41) is 33.2. The van der Waals surface area contributed by atoms with E-state index in [9.17, 15) is 19.2 Å². The third-order valence-corrected chi connectivity index (χ3v) is 3.56. The minimum Gasteiger partial charge on any atom is -0.481 e. The summed E-state index contributed by atoms with van der Waals surface area (Å²) in [7, 11) is 0. The maximum atomic E-state index is 10.1. The first-order valence-corrected chi connectivity index (χ1v) is 9.13. The maximum absolute atomic E-state index is 10.1. The fourth-order valence-electron chi connectivity index (χ4n) is 2.17. The van der Waals surface area contributed by atoms with Crippen molar-refractivity contribution in [2.75, 3.05) is 0 Å². The van der Waals surface area contributed by atoms with E-state index in [1.165, 1.54) is 0 Å². The summed E-state index contributed by atoms with van der Waals surface area (Å²) in [5.74, 6) is -3.04. The third kappa shape index (κ3) is 94.1. The molecule has 0 aromatic carbocycles. The zero-order chi connectivity index (χ0) is 20.2. The van der Waals surface area contributed by atoms with Crippen LogP contribution in [0, 0.1) is 0 Å². The number of rotatable bonds is 16. The summed E-state index contributed by atoms with van der Waals surface area (Å²) in [6.45, 7) is 0. The van der Waals surface area contributed by atoms with Gasteiger partial charge in [0.2, 0.25) is 0 Å². The summed E-state index contributed by atoms with van der Waals surface area (Å²) in [6, 6.07) is 0. The van der Waals surface area contributed by atoms with Crippen molar-refractivity contribution in [1.82, 2.24) is 0 Å². The molecule has 0 amide bonds. The van der Waals surface area contributed by atoms with Gasteiger partial charge in [0.05, 0.1) is 0 Å². The number of carboxylic acid groups (broad SMARTS) is 4. The van der Waals surface area contributed by atoms with Crippen molar-refractivity contribution in [2.24, 2.45) is 0 Å². The van der Waals surface area contributed by atoms with Gasteiger partial charge in [0.25, 0.3) is 0 Å². The number of carbonyl (C=O) groups is 4. The Hall–Kier alpha value is -1.43. The Morgan fingerprint density at radius 2 is 0.417 bits per heavy atom. The molecule has 16 nitrogen and oxygen atoms in total. The van der Waals surface area contributed by atoms with E-state index >= 15 is 0 Å². The van der Waals surface area contributed by atoms with Crippen LogP contribution < -0.4 is 0 Å². The van der Waals surface area contributed by atoms with Crippen LogP contribution in [0.25, 0.3) is 0 Å². The first-order chi connectivity index (χ1) is 12.3. The van der Waals surface area contributed by atoms with Crippen LogP contribution in [0.4, 0.5) is 0 Å². The van der Waals surface area contributed by atoms with Crippen molar-refractivity contribution in [3.05, 3.63) is 0 Å². The molecule has 0 aliphatic carbocycles. The Bertz CT molecular complexity index is 354. The van der Waals surface area contributed by atoms with Crippen LogP contribution in [0.3, 0.4) is 0 Å². The number of hydrogen-bond donors (Lipinski definition) is 4. The molecule has 234 valence electrons. The predicted molar refractivity (Wildman–Crippen MR) is 134 cm³/mol. The molecule has 36 heavy (non-hydrogen) atoms. The Kier molecular flexibility index (Phi) is 125. The van der Waals surface area contributed by atoms with Gasteiger partial charge in [0, 0.05) is 59.2 Å². The molecule has 0 aliphatic rings. The molecule has 0 rings (SSSR count). The van der Waals surface area contributed by atoms with E-state index < -0.39 is 23.9 Å². The van der Waals surface area contributed by atoms with E-state index in [0.29, 0.717) is 25.7 Å². The molecular formula is C18H56Co2O16+8. The van der Waals surface area contributed by atoms with E-state index in [0.717, 1.165) is 38.5 Å². The number of carboxylic acids is 4. The van der Waals surface area contributed by atoms with Crippen LogP contribution in [0.5, 0.6) is 0 Å². The zero-order valence-electron chi connectivity index (χ0n) is 20.6. The van der Waals surface area contributed by atoms with Crippen LogP contribution >= 0.6 is 0 Å². The third-order valence-electron chi connectivity index (χ3n) is 3.56. The minimum absolute atomic E-state index is 0. The molecule has 0 atom stereocenters. The smallest absolute Gasteiger partial charge is 0.303 e. The van der Waals surface area contributed by atoms with Crippen LogP contribution in [-0.4, -0.2) is 44.3 Å². The second kappa shape index (κ2) is 59.0. The van der Waals surface area contributed by atoms with E-state index in [1.54, 1.807) is 0 Å². The van der Waals surface area contributed by atoms with E-state index in [2.05, 4.69) is 0 Å². The number of unbranched alkanes of at least 4 members (excludes halogenated alkanes) is 8. The molecule has 0 aliphatic heterocycles. The molecule has 0 unspecified atom stereocenters. The van der Waals surface area contributed by atoms with Gasteiger partial charge in [-0.15, -0.1) is 0 Å². The topological polar surface area (TPSA) is 413 Å². The number of aliphatic carboxylic acids is 4. The molecule has 28 N–H and O–H groups in total. The molecule has 0 aromatic rings. The van der Waals surface area contributed by atoms with Gasteiger partial charge < -0.3 is 64.2 Å². The Balaban J connectivity index is -0.0000000250. The van der Waals surface area contributed by atoms with Gasteiger partial charge in [0.1, 0.15) is 0 Å². The summed E-state index contributed by atoms with van der Waals surface area (Å²) in [5.41, 5.74) is 0. The molecule has 0 saturated heterocycles. The van der Waals surface area contributed by atoms with Crippen molar-refractivity contribution in [3.63, 3.8) is 0 Å². The molecule has 0 fully saturated rings. The quantitative estimate of drug-likeness (QED) is 0.0955. The summed E-state index contributed by atoms with van der Waals surface area (Å²) in [6.07, 6.45) is 9.06. The maximum Gasteiger partial charge on any atom is 0.303 e. The second-order valence-corrected chi connectivity index (χ2v) is 6.11. The summed E-state index contributed by atoms with van der Waals surface area (Å²) >= 11 is 0. The Morgan fingerprint density at radius 3 is 0.528 bits per heavy atom. The second-order valence-electron chi connectivity index (χ2n) is 6.11. The largest absolute Gasteiger partial charge is 0.481 e. The molecule has 2 radical (unpaired) electrons. The van der Waals surface area contributed by atoms with Crippen molar-refractivity contribution in [3.8, 4) is 0 Å². The van der Waals surface area contributed by atoms with Crippen molar-refractivity contribution in [2.45, 2.75) is 89.9 Å². The first-order valence-electron chi connectivity index (χ1n) is 9.13. The molecule has 0 spiro atoms. The van der Waals surface area contributed by atoms with Gasteiger partial charge in [-0.05, 0) is 25.7 Å². The minimum atomic E-state index is -0.759. The normalized spacial score (nSPS) is 7.11. The zero-order valence-corrected chi connectivity index (χ0v) is 22.7. The Labute approximate surface area is 230 Å². The van der Waals surface area contributed by atoms with Crippen molar-refractivity contribution >= 4 is 23.9 Å². The first kappa shape index (κ1) is 76.5. The fraction of sp³-hybridized carbons (Fsp3) is 0.778. The number of hydrogen-bond acceptors (Lipinski definition) is 4. The van der Waals surface area contributed by atoms with E-state index in [4.69, 9.17) is 20.4 Å². The molecule has 18 heteroatoms. The standard InChI is InChI=1S/2C9H16O4.2Co.8H2O/c2*10-8(11)6-4-2-1-3-5-7-9(12)13;;;;;;;;;;/h2*1-7H2,(H,10,11)(H,12,13);;;8*1H2/p+8. The SMILES string of the molecule is O=C(O)CCCCCCCC(=O)O.O=C(O)CCCCCCCC(=O)O.[Co].[Co].[OH3+].[OH3+].[OH3+].[OH3+].[OH3+].[OH3+].[OH3+].[OH3+]. The van der Waals surface area contributed by atoms with Gasteiger partial charge >= 0.3 is 23.9 Å². The van der Waals surface area contributed by atoms with Gasteiger partial charge in [-0.3, -0.25) is 19.2 Å². The average molecular weight is 646 g/mol. The molecule has 0 heterocycles. The summed E-state index contributed by atoms with van der Waals surface area (Å²) in [4.78, 5) is 40.4. The predicted octanol–water partition coefficient (Wildman–Crippen LogP) is -3.61. The van der Waals surface area contributed by atoms with Gasteiger partial charge in [-0.2, -0.15) is 0 Å². The van der Waals surface area contributed by atoms with Crippen molar-refractivity contribution < 1.29 is 117 Å². The molecule has 0 aromatic heterocycles. The van der Waals surface area contributed by atoms with Gasteiger partial charge in [0.15, 0.2) is 0 Å². The van der Waals surface area contributed by atoms with E-state index in [-0.39, 0.29) is 103 Å². The van der Waals surface area contributed by atoms with Crippen LogP contribution in [0.2, 0.25) is 0 Å².